The first-order chi connectivity index (χ1) is 10.3. The van der Waals surface area contributed by atoms with E-state index in [0.29, 0.717) is 11.4 Å². The van der Waals surface area contributed by atoms with Gasteiger partial charge in [0.05, 0.1) is 4.99 Å². The van der Waals surface area contributed by atoms with Gasteiger partial charge in [0.25, 0.3) is 0 Å². The highest BCUT2D eigenvalue weighted by Crippen LogP contribution is 2.48. The Balaban J connectivity index is 2.18. The third-order valence-corrected chi connectivity index (χ3v) is 6.25. The van der Waals surface area contributed by atoms with E-state index in [1.54, 1.807) is 0 Å². The first kappa shape index (κ1) is 18.3. The number of nitrogens with zero attached hydrogens (tertiary/aromatic N) is 1. The maximum Gasteiger partial charge on any atom is 0.109 e. The van der Waals surface area contributed by atoms with E-state index in [1.807, 2.05) is 0 Å². The molecule has 3 unspecified atom stereocenters. The molecule has 0 N–H and O–H groups in total. The zero-order valence-corrected chi connectivity index (χ0v) is 16.3. The van der Waals surface area contributed by atoms with E-state index in [0.717, 1.165) is 17.9 Å². The van der Waals surface area contributed by atoms with Crippen molar-refractivity contribution < 1.29 is 0 Å². The van der Waals surface area contributed by atoms with E-state index in [9.17, 15) is 0 Å². The Kier molecular flexibility index (Phi) is 6.39. The molecule has 126 valence electrons. The average molecular weight is 321 g/mol. The smallest absolute Gasteiger partial charge is 0.109 e. The predicted octanol–water partition coefficient (Wildman–Crippen LogP) is 4.99. The Hall–Kier alpha value is -0.0451. The summed E-state index contributed by atoms with van der Waals surface area (Å²) in [5.74, 6) is 1.61. The van der Waals surface area contributed by atoms with Crippen molar-refractivity contribution in [3.63, 3.8) is 0 Å². The number of hydrogen-bond acceptors (Lipinski definition) is 1. The van der Waals surface area contributed by atoms with Crippen LogP contribution in [0.1, 0.15) is 85.5 Å². The lowest BCUT2D eigenvalue weighted by atomic mass is 9.56. The van der Waals surface area contributed by atoms with Crippen molar-refractivity contribution in [2.45, 2.75) is 103 Å². The van der Waals surface area contributed by atoms with Crippen LogP contribution < -0.4 is 0 Å². The van der Waals surface area contributed by atoms with Crippen LogP contribution in [0.25, 0.3) is 0 Å². The van der Waals surface area contributed by atoms with Crippen molar-refractivity contribution in [1.29, 1.82) is 0 Å². The van der Waals surface area contributed by atoms with Gasteiger partial charge in [0.15, 0.2) is 0 Å². The minimum absolute atomic E-state index is 0.525. The molecule has 1 saturated carbocycles. The van der Waals surface area contributed by atoms with Crippen LogP contribution in [-0.2, 0) is 0 Å². The largest absolute Gasteiger partial charge is 0.360 e. The van der Waals surface area contributed by atoms with Gasteiger partial charge in [-0.3, -0.25) is 0 Å². The fraction of sp³-hybridized carbons (Fsp3) is 0.947. The Morgan fingerprint density at radius 2 is 1.86 bits per heavy atom. The van der Waals surface area contributed by atoms with Crippen molar-refractivity contribution in [3.8, 4) is 0 Å². The molecule has 0 radical (unpaired) electrons. The van der Waals surface area contributed by atoms with Gasteiger partial charge < -0.3 is 4.90 Å². The van der Waals surface area contributed by atoms with Gasteiger partial charge in [-0.1, -0.05) is 69.9 Å². The normalized spacial score (nSPS) is 34.3. The van der Waals surface area contributed by atoms with Crippen LogP contribution in [0.2, 0.25) is 5.31 Å². The SMILES string of the molecule is BC1(CC(C)C)CCCCCCC2C(CC(=S)N2C(C)C)C1. The zero-order valence-electron chi connectivity index (χ0n) is 15.5. The Bertz CT molecular complexity index is 382. The lowest BCUT2D eigenvalue weighted by Gasteiger charge is -2.39. The molecule has 0 amide bonds. The average Bonchev–Trinajstić information content (AvgIpc) is 2.68. The van der Waals surface area contributed by atoms with Gasteiger partial charge in [0, 0.05) is 18.5 Å². The van der Waals surface area contributed by atoms with E-state index in [-0.39, 0.29) is 0 Å². The minimum Gasteiger partial charge on any atom is -0.360 e. The Morgan fingerprint density at radius 1 is 1.18 bits per heavy atom. The van der Waals surface area contributed by atoms with E-state index < -0.39 is 0 Å². The summed E-state index contributed by atoms with van der Waals surface area (Å²) < 4.78 is 0. The van der Waals surface area contributed by atoms with Crippen molar-refractivity contribution in [1.82, 2.24) is 4.90 Å². The molecule has 0 spiro atoms. The van der Waals surface area contributed by atoms with Gasteiger partial charge in [0.1, 0.15) is 7.85 Å². The summed E-state index contributed by atoms with van der Waals surface area (Å²) in [5, 5.41) is 0.525. The molecule has 1 aliphatic carbocycles. The highest BCUT2D eigenvalue weighted by molar-refractivity contribution is 7.80. The summed E-state index contributed by atoms with van der Waals surface area (Å²) in [6, 6.07) is 1.29. The number of rotatable bonds is 3. The molecule has 0 bridgehead atoms. The summed E-state index contributed by atoms with van der Waals surface area (Å²) >= 11 is 5.78. The van der Waals surface area contributed by atoms with Crippen molar-refractivity contribution in [2.24, 2.45) is 11.8 Å². The van der Waals surface area contributed by atoms with Gasteiger partial charge in [0.2, 0.25) is 0 Å². The van der Waals surface area contributed by atoms with Crippen LogP contribution in [-0.4, -0.2) is 29.8 Å². The monoisotopic (exact) mass is 321 g/mol. The van der Waals surface area contributed by atoms with Crippen molar-refractivity contribution in [2.75, 3.05) is 0 Å². The molecule has 3 heteroatoms. The Labute approximate surface area is 145 Å². The van der Waals surface area contributed by atoms with Crippen LogP contribution in [0, 0.1) is 11.8 Å². The molecule has 0 aromatic carbocycles. The quantitative estimate of drug-likeness (QED) is 0.532. The fourth-order valence-electron chi connectivity index (χ4n) is 5.30. The number of thiocarbonyl (C=S) groups is 1. The molecule has 2 fully saturated rings. The highest BCUT2D eigenvalue weighted by Gasteiger charge is 2.41. The third-order valence-electron chi connectivity index (χ3n) is 5.87. The number of hydrogen-bond donors (Lipinski definition) is 0. The maximum atomic E-state index is 5.78. The molecule has 2 aliphatic rings. The molecule has 2 rings (SSSR count). The first-order valence-electron chi connectivity index (χ1n) is 9.63. The van der Waals surface area contributed by atoms with Crippen LogP contribution in [0.4, 0.5) is 0 Å². The molecule has 3 atom stereocenters. The van der Waals surface area contributed by atoms with Crippen molar-refractivity contribution in [3.05, 3.63) is 0 Å². The van der Waals surface area contributed by atoms with Crippen LogP contribution in [0.3, 0.4) is 0 Å². The molecule has 0 aromatic heterocycles. The lowest BCUT2D eigenvalue weighted by molar-refractivity contribution is 0.189. The van der Waals surface area contributed by atoms with Crippen LogP contribution in [0.5, 0.6) is 0 Å². The van der Waals surface area contributed by atoms with E-state index in [2.05, 4.69) is 40.4 Å². The molecule has 1 aliphatic heterocycles. The molecule has 1 nitrogen and oxygen atoms in total. The minimum atomic E-state index is 0.525. The molecule has 0 aromatic rings. The Morgan fingerprint density at radius 3 is 2.50 bits per heavy atom. The molecule has 1 heterocycles. The summed E-state index contributed by atoms with van der Waals surface area (Å²) in [5.41, 5.74) is 0. The topological polar surface area (TPSA) is 3.24 Å². The zero-order chi connectivity index (χ0) is 16.3. The summed E-state index contributed by atoms with van der Waals surface area (Å²) in [4.78, 5) is 3.84. The summed E-state index contributed by atoms with van der Waals surface area (Å²) in [7, 11) is 2.56. The van der Waals surface area contributed by atoms with Gasteiger partial charge in [-0.05, 0) is 38.5 Å². The van der Waals surface area contributed by atoms with E-state index >= 15 is 0 Å². The van der Waals surface area contributed by atoms with Gasteiger partial charge >= 0.3 is 0 Å². The van der Waals surface area contributed by atoms with Crippen molar-refractivity contribution >= 4 is 25.1 Å². The predicted molar refractivity (Wildman–Crippen MR) is 104 cm³/mol. The van der Waals surface area contributed by atoms with E-state index in [1.165, 1.54) is 62.8 Å². The molecular weight excluding hydrogens is 285 g/mol. The number of likely N-dealkylation sites (tertiary alicyclic amines) is 1. The maximum absolute atomic E-state index is 5.78. The first-order valence-corrected chi connectivity index (χ1v) is 10.0. The summed E-state index contributed by atoms with van der Waals surface area (Å²) in [6.07, 6.45) is 12.4. The molecular formula is C19H36BNS. The van der Waals surface area contributed by atoms with E-state index in [4.69, 9.17) is 12.2 Å². The second-order valence-electron chi connectivity index (χ2n) is 8.99. The second kappa shape index (κ2) is 7.68. The molecule has 1 saturated heterocycles. The van der Waals surface area contributed by atoms with Gasteiger partial charge in [-0.15, -0.1) is 0 Å². The van der Waals surface area contributed by atoms with Gasteiger partial charge in [-0.25, -0.2) is 0 Å². The fourth-order valence-corrected chi connectivity index (χ4v) is 5.86. The third kappa shape index (κ3) is 4.49. The van der Waals surface area contributed by atoms with Crippen LogP contribution in [0.15, 0.2) is 0 Å². The number of fused-ring (bicyclic) bond motifs is 1. The second-order valence-corrected chi connectivity index (χ2v) is 9.46. The summed E-state index contributed by atoms with van der Waals surface area (Å²) in [6.45, 7) is 9.42. The lowest BCUT2D eigenvalue weighted by Crippen LogP contribution is -2.40. The van der Waals surface area contributed by atoms with Crippen LogP contribution >= 0.6 is 12.2 Å². The standard InChI is InChI=1S/C19H36BNS/c1-14(2)12-19(20)10-8-6-5-7-9-17-16(13-19)11-18(22)21(17)15(3)4/h14-17H,5-13,20H2,1-4H3. The highest BCUT2D eigenvalue weighted by atomic mass is 32.1. The molecule has 22 heavy (non-hydrogen) atoms. The van der Waals surface area contributed by atoms with Gasteiger partial charge in [-0.2, -0.15) is 0 Å².